The maximum atomic E-state index is 12.5. The summed E-state index contributed by atoms with van der Waals surface area (Å²) in [6, 6.07) is 8.05. The van der Waals surface area contributed by atoms with Crippen LogP contribution >= 0.6 is 15.9 Å². The Balaban J connectivity index is 2.08. The first kappa shape index (κ1) is 14.5. The van der Waals surface area contributed by atoms with E-state index in [0.717, 1.165) is 36.0 Å². The Hall–Kier alpha value is -0.870. The molecule has 2 N–H and O–H groups in total. The summed E-state index contributed by atoms with van der Waals surface area (Å²) < 4.78 is 1.04. The van der Waals surface area contributed by atoms with Crippen molar-refractivity contribution in [1.82, 2.24) is 10.6 Å². The number of rotatable bonds is 4. The van der Waals surface area contributed by atoms with Gasteiger partial charge in [-0.2, -0.15) is 0 Å². The van der Waals surface area contributed by atoms with Crippen molar-refractivity contribution in [3.8, 4) is 0 Å². The van der Waals surface area contributed by atoms with E-state index in [9.17, 15) is 4.79 Å². The zero-order valence-electron chi connectivity index (χ0n) is 11.5. The maximum Gasteiger partial charge on any atom is 0.228 e. The molecule has 1 amide bonds. The van der Waals surface area contributed by atoms with Crippen LogP contribution in [-0.4, -0.2) is 19.0 Å². The Morgan fingerprint density at radius 3 is 2.84 bits per heavy atom. The molecule has 3 nitrogen and oxygen atoms in total. The number of nitrogens with one attached hydrogen (secondary N) is 2. The van der Waals surface area contributed by atoms with Gasteiger partial charge in [0.25, 0.3) is 0 Å². The second-order valence-electron chi connectivity index (χ2n) is 5.28. The van der Waals surface area contributed by atoms with E-state index in [0.29, 0.717) is 0 Å². The normalized spacial score (nSPS) is 24.2. The summed E-state index contributed by atoms with van der Waals surface area (Å²) in [5.74, 6) is 0.170. The van der Waals surface area contributed by atoms with Crippen LogP contribution in [0.3, 0.4) is 0 Å². The van der Waals surface area contributed by atoms with Crippen LogP contribution in [-0.2, 0) is 4.79 Å². The van der Waals surface area contributed by atoms with Gasteiger partial charge >= 0.3 is 0 Å². The Kier molecular flexibility index (Phi) is 4.63. The van der Waals surface area contributed by atoms with E-state index in [1.54, 1.807) is 0 Å². The van der Waals surface area contributed by atoms with E-state index in [1.165, 1.54) is 0 Å². The Bertz CT molecular complexity index is 455. The summed E-state index contributed by atoms with van der Waals surface area (Å²) in [5, 5.41) is 6.46. The molecule has 1 fully saturated rings. The predicted molar refractivity (Wildman–Crippen MR) is 80.9 cm³/mol. The lowest BCUT2D eigenvalue weighted by Crippen LogP contribution is -2.43. The van der Waals surface area contributed by atoms with E-state index in [1.807, 2.05) is 31.2 Å². The molecule has 1 unspecified atom stereocenters. The molecule has 0 aliphatic carbocycles. The number of amides is 1. The maximum absolute atomic E-state index is 12.5. The van der Waals surface area contributed by atoms with Crippen molar-refractivity contribution in [1.29, 1.82) is 0 Å². The molecule has 19 heavy (non-hydrogen) atoms. The zero-order chi connectivity index (χ0) is 13.9. The highest BCUT2D eigenvalue weighted by Crippen LogP contribution is 2.31. The largest absolute Gasteiger partial charge is 0.349 e. The van der Waals surface area contributed by atoms with Crippen LogP contribution < -0.4 is 10.6 Å². The fourth-order valence-corrected chi connectivity index (χ4v) is 3.28. The second-order valence-corrected chi connectivity index (χ2v) is 6.13. The van der Waals surface area contributed by atoms with Gasteiger partial charge in [-0.1, -0.05) is 41.1 Å². The highest BCUT2D eigenvalue weighted by atomic mass is 79.9. The summed E-state index contributed by atoms with van der Waals surface area (Å²) in [7, 11) is 0. The molecule has 2 rings (SSSR count). The molecule has 0 spiro atoms. The number of hydrogen-bond acceptors (Lipinski definition) is 2. The van der Waals surface area contributed by atoms with Crippen LogP contribution in [0.15, 0.2) is 28.7 Å². The number of carbonyl (C=O) groups excluding carboxylic acids is 1. The van der Waals surface area contributed by atoms with E-state index >= 15 is 0 Å². The van der Waals surface area contributed by atoms with Gasteiger partial charge < -0.3 is 10.6 Å². The smallest absolute Gasteiger partial charge is 0.228 e. The van der Waals surface area contributed by atoms with E-state index in [-0.39, 0.29) is 17.4 Å². The standard InChI is InChI=1S/C15H21BrN2O/c1-3-15(8-9-17-10-15)14(19)18-11(2)12-6-4-5-7-13(12)16/h4-7,11,17H,3,8-10H2,1-2H3,(H,18,19)/t11-,15?/m0/s1. The minimum atomic E-state index is -0.227. The zero-order valence-corrected chi connectivity index (χ0v) is 13.1. The molecule has 1 saturated heterocycles. The molecule has 0 saturated carbocycles. The van der Waals surface area contributed by atoms with Crippen LogP contribution in [0.2, 0.25) is 0 Å². The Morgan fingerprint density at radius 2 is 2.26 bits per heavy atom. The summed E-state index contributed by atoms with van der Waals surface area (Å²) in [6.45, 7) is 5.85. The van der Waals surface area contributed by atoms with Crippen molar-refractivity contribution < 1.29 is 4.79 Å². The van der Waals surface area contributed by atoms with Crippen LogP contribution in [0.1, 0.15) is 38.3 Å². The van der Waals surface area contributed by atoms with Gasteiger partial charge in [-0.3, -0.25) is 4.79 Å². The quantitative estimate of drug-likeness (QED) is 0.893. The Morgan fingerprint density at radius 1 is 1.53 bits per heavy atom. The molecule has 0 radical (unpaired) electrons. The van der Waals surface area contributed by atoms with Gasteiger partial charge in [0.05, 0.1) is 11.5 Å². The third-order valence-electron chi connectivity index (χ3n) is 4.12. The molecular weight excluding hydrogens is 304 g/mol. The minimum absolute atomic E-state index is 0.0205. The SMILES string of the molecule is CCC1(C(=O)N[C@@H](C)c2ccccc2Br)CCNC1. The second kappa shape index (κ2) is 6.06. The van der Waals surface area contributed by atoms with Crippen molar-refractivity contribution >= 4 is 21.8 Å². The molecule has 1 aromatic carbocycles. The van der Waals surface area contributed by atoms with Gasteiger partial charge in [0.2, 0.25) is 5.91 Å². The summed E-state index contributed by atoms with van der Waals surface area (Å²) >= 11 is 3.54. The number of halogens is 1. The van der Waals surface area contributed by atoms with Crippen molar-refractivity contribution in [2.45, 2.75) is 32.7 Å². The van der Waals surface area contributed by atoms with Gasteiger partial charge in [-0.05, 0) is 37.9 Å². The van der Waals surface area contributed by atoms with Crippen molar-refractivity contribution in [3.63, 3.8) is 0 Å². The topological polar surface area (TPSA) is 41.1 Å². The molecule has 1 aromatic rings. The monoisotopic (exact) mass is 324 g/mol. The highest BCUT2D eigenvalue weighted by Gasteiger charge is 2.39. The summed E-state index contributed by atoms with van der Waals surface area (Å²) in [6.07, 6.45) is 1.81. The lowest BCUT2D eigenvalue weighted by molar-refractivity contribution is -0.131. The molecule has 1 aliphatic heterocycles. The number of carbonyl (C=O) groups is 1. The number of benzene rings is 1. The third-order valence-corrected chi connectivity index (χ3v) is 4.84. The van der Waals surface area contributed by atoms with Gasteiger partial charge in [0.1, 0.15) is 0 Å². The fourth-order valence-electron chi connectivity index (χ4n) is 2.65. The van der Waals surface area contributed by atoms with Crippen LogP contribution in [0.5, 0.6) is 0 Å². The molecule has 2 atom stereocenters. The average Bonchev–Trinajstić information content (AvgIpc) is 2.89. The first-order valence-electron chi connectivity index (χ1n) is 6.85. The lowest BCUT2D eigenvalue weighted by Gasteiger charge is -2.28. The predicted octanol–water partition coefficient (Wildman–Crippen LogP) is 3.02. The molecular formula is C15H21BrN2O. The van der Waals surface area contributed by atoms with Gasteiger partial charge in [0.15, 0.2) is 0 Å². The molecule has 0 bridgehead atoms. The molecule has 1 aliphatic rings. The summed E-state index contributed by atoms with van der Waals surface area (Å²) in [5.41, 5.74) is 0.892. The Labute approximate surface area is 123 Å². The lowest BCUT2D eigenvalue weighted by atomic mass is 9.83. The van der Waals surface area contributed by atoms with E-state index in [4.69, 9.17) is 0 Å². The fraction of sp³-hybridized carbons (Fsp3) is 0.533. The van der Waals surface area contributed by atoms with Crippen molar-refractivity contribution in [2.75, 3.05) is 13.1 Å². The number of hydrogen-bond donors (Lipinski definition) is 2. The van der Waals surface area contributed by atoms with Gasteiger partial charge in [0, 0.05) is 11.0 Å². The van der Waals surface area contributed by atoms with Crippen molar-refractivity contribution in [3.05, 3.63) is 34.3 Å². The minimum Gasteiger partial charge on any atom is -0.349 e. The molecule has 0 aromatic heterocycles. The molecule has 1 heterocycles. The third kappa shape index (κ3) is 3.00. The average molecular weight is 325 g/mol. The van der Waals surface area contributed by atoms with E-state index < -0.39 is 0 Å². The van der Waals surface area contributed by atoms with Crippen molar-refractivity contribution in [2.24, 2.45) is 5.41 Å². The van der Waals surface area contributed by atoms with Crippen LogP contribution in [0.4, 0.5) is 0 Å². The molecule has 4 heteroatoms. The van der Waals surface area contributed by atoms with Gasteiger partial charge in [-0.15, -0.1) is 0 Å². The molecule has 104 valence electrons. The highest BCUT2D eigenvalue weighted by molar-refractivity contribution is 9.10. The first-order chi connectivity index (χ1) is 9.09. The van der Waals surface area contributed by atoms with E-state index in [2.05, 4.69) is 33.5 Å². The summed E-state index contributed by atoms with van der Waals surface area (Å²) in [4.78, 5) is 12.5. The van der Waals surface area contributed by atoms with Crippen LogP contribution in [0.25, 0.3) is 0 Å². The van der Waals surface area contributed by atoms with Crippen LogP contribution in [0, 0.1) is 5.41 Å². The first-order valence-corrected chi connectivity index (χ1v) is 7.64. The van der Waals surface area contributed by atoms with Gasteiger partial charge in [-0.25, -0.2) is 0 Å².